The maximum atomic E-state index is 12.3. The predicted molar refractivity (Wildman–Crippen MR) is 66.1 cm³/mol. The summed E-state index contributed by atoms with van der Waals surface area (Å²) in [4.78, 5) is 3.18. The molecule has 0 saturated heterocycles. The highest BCUT2D eigenvalue weighted by Crippen LogP contribution is 2.24. The Bertz CT molecular complexity index is 542. The number of aliphatic hydroxyl groups excluding tert-OH is 1. The number of hydrogen-bond donors (Lipinski definition) is 1. The van der Waals surface area contributed by atoms with Gasteiger partial charge in [0, 0.05) is 12.7 Å². The zero-order chi connectivity index (χ0) is 14.6. The average Bonchev–Trinajstić information content (AvgIpc) is 2.31. The van der Waals surface area contributed by atoms with Gasteiger partial charge in [-0.15, -0.1) is 0 Å². The van der Waals surface area contributed by atoms with E-state index in [1.165, 1.54) is 0 Å². The first-order valence-electron chi connectivity index (χ1n) is 4.99. The highest BCUT2D eigenvalue weighted by Gasteiger charge is 2.27. The second-order valence-electron chi connectivity index (χ2n) is 3.42. The fourth-order valence-corrected chi connectivity index (χ4v) is 2.99. The second-order valence-corrected chi connectivity index (χ2v) is 6.12. The SMILES string of the molecule is O=S(=O)(c1cnc(Cl)c(Cl)c1)N(CCO)CC(F)F. The predicted octanol–water partition coefficient (Wildman–Crippen LogP) is 1.64. The topological polar surface area (TPSA) is 70.5 Å². The summed E-state index contributed by atoms with van der Waals surface area (Å²) in [6.45, 7) is -2.06. The molecule has 0 unspecified atom stereocenters. The maximum Gasteiger partial charge on any atom is 0.252 e. The van der Waals surface area contributed by atoms with Gasteiger partial charge in [0.25, 0.3) is 6.43 Å². The Morgan fingerprint density at radius 1 is 1.42 bits per heavy atom. The van der Waals surface area contributed by atoms with Crippen molar-refractivity contribution in [2.45, 2.75) is 11.3 Å². The van der Waals surface area contributed by atoms with Crippen LogP contribution in [0, 0.1) is 0 Å². The van der Waals surface area contributed by atoms with E-state index < -0.39 is 36.1 Å². The van der Waals surface area contributed by atoms with Gasteiger partial charge >= 0.3 is 0 Å². The smallest absolute Gasteiger partial charge is 0.252 e. The molecule has 1 N–H and O–H groups in total. The quantitative estimate of drug-likeness (QED) is 0.803. The number of rotatable bonds is 6. The number of halogens is 4. The van der Waals surface area contributed by atoms with Gasteiger partial charge < -0.3 is 5.11 Å². The van der Waals surface area contributed by atoms with E-state index >= 15 is 0 Å². The minimum Gasteiger partial charge on any atom is -0.395 e. The third-order valence-corrected chi connectivity index (χ3v) is 4.62. The molecule has 1 rings (SSSR count). The first-order valence-corrected chi connectivity index (χ1v) is 7.19. The van der Waals surface area contributed by atoms with E-state index in [0.29, 0.717) is 4.31 Å². The van der Waals surface area contributed by atoms with E-state index in [1.54, 1.807) is 0 Å². The molecule has 0 aromatic carbocycles. The van der Waals surface area contributed by atoms with Crippen molar-refractivity contribution in [2.75, 3.05) is 19.7 Å². The summed E-state index contributed by atoms with van der Waals surface area (Å²) in [5.41, 5.74) is 0. The lowest BCUT2D eigenvalue weighted by atomic mass is 10.5. The largest absolute Gasteiger partial charge is 0.395 e. The fraction of sp³-hybridized carbons (Fsp3) is 0.444. The van der Waals surface area contributed by atoms with Gasteiger partial charge in [-0.3, -0.25) is 0 Å². The number of aliphatic hydroxyl groups is 1. The molecule has 10 heteroatoms. The molecule has 0 amide bonds. The average molecular weight is 335 g/mol. The van der Waals surface area contributed by atoms with Gasteiger partial charge in [0.2, 0.25) is 10.0 Å². The van der Waals surface area contributed by atoms with E-state index in [0.717, 1.165) is 12.3 Å². The molecular formula is C9H10Cl2F2N2O3S. The van der Waals surface area contributed by atoms with Gasteiger partial charge in [0.15, 0.2) is 0 Å². The summed E-state index contributed by atoms with van der Waals surface area (Å²) in [5, 5.41) is 8.54. The molecule has 1 heterocycles. The molecule has 19 heavy (non-hydrogen) atoms. The van der Waals surface area contributed by atoms with Gasteiger partial charge in [-0.25, -0.2) is 22.2 Å². The Morgan fingerprint density at radius 2 is 2.05 bits per heavy atom. The summed E-state index contributed by atoms with van der Waals surface area (Å²) in [6.07, 6.45) is -1.95. The Labute approximate surface area is 118 Å². The Morgan fingerprint density at radius 3 is 2.53 bits per heavy atom. The summed E-state index contributed by atoms with van der Waals surface area (Å²) >= 11 is 11.2. The van der Waals surface area contributed by atoms with Gasteiger partial charge in [0.05, 0.1) is 18.2 Å². The normalized spacial score (nSPS) is 12.4. The van der Waals surface area contributed by atoms with Crippen molar-refractivity contribution in [1.29, 1.82) is 0 Å². The number of hydrogen-bond acceptors (Lipinski definition) is 4. The molecule has 0 spiro atoms. The van der Waals surface area contributed by atoms with Crippen LogP contribution in [0.3, 0.4) is 0 Å². The van der Waals surface area contributed by atoms with Crippen molar-refractivity contribution in [3.8, 4) is 0 Å². The van der Waals surface area contributed by atoms with Crippen LogP contribution < -0.4 is 0 Å². The molecule has 0 aliphatic heterocycles. The van der Waals surface area contributed by atoms with E-state index in [9.17, 15) is 17.2 Å². The van der Waals surface area contributed by atoms with Crippen molar-refractivity contribution in [1.82, 2.24) is 9.29 Å². The third-order valence-electron chi connectivity index (χ3n) is 2.10. The number of pyridine rings is 1. The van der Waals surface area contributed by atoms with Crippen LogP contribution in [0.4, 0.5) is 8.78 Å². The van der Waals surface area contributed by atoms with Gasteiger partial charge in [-0.2, -0.15) is 4.31 Å². The number of sulfonamides is 1. The molecule has 0 bridgehead atoms. The lowest BCUT2D eigenvalue weighted by Crippen LogP contribution is -2.37. The van der Waals surface area contributed by atoms with Crippen LogP contribution in [-0.2, 0) is 10.0 Å². The van der Waals surface area contributed by atoms with Gasteiger partial charge in [0.1, 0.15) is 10.0 Å². The van der Waals surface area contributed by atoms with Crippen LogP contribution in [0.2, 0.25) is 10.2 Å². The van der Waals surface area contributed by atoms with Crippen LogP contribution in [0.1, 0.15) is 0 Å². The number of aromatic nitrogens is 1. The molecule has 5 nitrogen and oxygen atoms in total. The standard InChI is InChI=1S/C9H10Cl2F2N2O3S/c10-7-3-6(4-14-9(7)11)19(17,18)15(1-2-16)5-8(12)13/h3-4,8,16H,1-2,5H2. The minimum absolute atomic E-state index is 0.0943. The Kier molecular flexibility index (Phi) is 5.87. The van der Waals surface area contributed by atoms with E-state index in [4.69, 9.17) is 28.3 Å². The zero-order valence-corrected chi connectivity index (χ0v) is 11.8. The lowest BCUT2D eigenvalue weighted by molar-refractivity contribution is 0.113. The maximum absolute atomic E-state index is 12.3. The van der Waals surface area contributed by atoms with Crippen LogP contribution >= 0.6 is 23.2 Å². The van der Waals surface area contributed by atoms with E-state index in [-0.39, 0.29) is 15.1 Å². The summed E-state index contributed by atoms with van der Waals surface area (Å²) < 4.78 is 49.3. The Balaban J connectivity index is 3.14. The van der Waals surface area contributed by atoms with Crippen molar-refractivity contribution >= 4 is 33.2 Å². The van der Waals surface area contributed by atoms with Crippen LogP contribution in [-0.4, -0.2) is 48.9 Å². The first-order chi connectivity index (χ1) is 8.78. The minimum atomic E-state index is -4.21. The summed E-state index contributed by atoms with van der Waals surface area (Å²) in [5.74, 6) is 0. The van der Waals surface area contributed by atoms with Crippen LogP contribution in [0.5, 0.6) is 0 Å². The Hall–Kier alpha value is -0.540. The van der Waals surface area contributed by atoms with Crippen LogP contribution in [0.15, 0.2) is 17.2 Å². The molecule has 108 valence electrons. The van der Waals surface area contributed by atoms with Crippen molar-refractivity contribution in [2.24, 2.45) is 0 Å². The van der Waals surface area contributed by atoms with Crippen molar-refractivity contribution in [3.05, 3.63) is 22.4 Å². The molecule has 1 aromatic rings. The molecule has 0 aliphatic rings. The molecule has 0 fully saturated rings. The molecular weight excluding hydrogens is 325 g/mol. The second kappa shape index (κ2) is 6.76. The molecule has 0 saturated carbocycles. The molecule has 1 aromatic heterocycles. The molecule has 0 aliphatic carbocycles. The summed E-state index contributed by atoms with van der Waals surface area (Å²) in [7, 11) is -4.21. The monoisotopic (exact) mass is 334 g/mol. The molecule has 0 radical (unpaired) electrons. The van der Waals surface area contributed by atoms with E-state index in [1.807, 2.05) is 0 Å². The number of nitrogens with zero attached hydrogens (tertiary/aromatic N) is 2. The number of alkyl halides is 2. The van der Waals surface area contributed by atoms with Gasteiger partial charge in [-0.05, 0) is 6.07 Å². The highest BCUT2D eigenvalue weighted by molar-refractivity contribution is 7.89. The fourth-order valence-electron chi connectivity index (χ4n) is 1.27. The zero-order valence-electron chi connectivity index (χ0n) is 9.43. The molecule has 0 atom stereocenters. The third kappa shape index (κ3) is 4.22. The highest BCUT2D eigenvalue weighted by atomic mass is 35.5. The van der Waals surface area contributed by atoms with Gasteiger partial charge in [-0.1, -0.05) is 23.2 Å². The van der Waals surface area contributed by atoms with Crippen LogP contribution in [0.25, 0.3) is 0 Å². The van der Waals surface area contributed by atoms with Crippen molar-refractivity contribution in [3.63, 3.8) is 0 Å². The van der Waals surface area contributed by atoms with Crippen molar-refractivity contribution < 1.29 is 22.3 Å². The van der Waals surface area contributed by atoms with E-state index in [2.05, 4.69) is 4.98 Å². The lowest BCUT2D eigenvalue weighted by Gasteiger charge is -2.20. The first kappa shape index (κ1) is 16.5. The summed E-state index contributed by atoms with van der Waals surface area (Å²) in [6, 6.07) is 1.02.